The molecule has 0 fully saturated rings. The van der Waals surface area contributed by atoms with Crippen LogP contribution in [0.5, 0.6) is 0 Å². The van der Waals surface area contributed by atoms with Crippen LogP contribution in [0.15, 0.2) is 36.6 Å². The number of allylic oxidation sites excluding steroid dienone is 4. The number of carbonyl (C=O) groups excluding carboxylic acids is 1. The van der Waals surface area contributed by atoms with E-state index >= 15 is 0 Å². The zero-order valence-electron chi connectivity index (χ0n) is 10.7. The Morgan fingerprint density at radius 1 is 1.42 bits per heavy atom. The smallest absolute Gasteiger partial charge is 0.249 e. The average molecular weight is 276 g/mol. The zero-order chi connectivity index (χ0) is 13.6. The molecule has 0 aromatic carbocycles. The van der Waals surface area contributed by atoms with Crippen LogP contribution in [-0.2, 0) is 9.67 Å². The summed E-state index contributed by atoms with van der Waals surface area (Å²) in [7, 11) is 1.76. The average Bonchev–Trinajstić information content (AvgIpc) is 2.84. The first-order valence-electron chi connectivity index (χ1n) is 6.12. The van der Waals surface area contributed by atoms with Crippen molar-refractivity contribution < 1.29 is 4.79 Å². The fourth-order valence-electron chi connectivity index (χ4n) is 2.36. The first kappa shape index (κ1) is 12.2. The predicted molar refractivity (Wildman–Crippen MR) is 76.5 cm³/mol. The third-order valence-electron chi connectivity index (χ3n) is 3.50. The van der Waals surface area contributed by atoms with E-state index in [1.165, 1.54) is 0 Å². The Balaban J connectivity index is 2.06. The van der Waals surface area contributed by atoms with E-state index < -0.39 is 4.87 Å². The molecule has 3 rings (SSSR count). The number of anilines is 2. The lowest BCUT2D eigenvalue weighted by Crippen LogP contribution is -2.43. The van der Waals surface area contributed by atoms with Crippen LogP contribution < -0.4 is 10.2 Å². The number of amides is 1. The minimum absolute atomic E-state index is 0.0308. The molecule has 4 nitrogen and oxygen atoms in total. The molecule has 1 aromatic heterocycles. The quantitative estimate of drug-likeness (QED) is 0.801. The Kier molecular flexibility index (Phi) is 2.64. The zero-order valence-corrected chi connectivity index (χ0v) is 11.5. The van der Waals surface area contributed by atoms with Gasteiger partial charge in [0.1, 0.15) is 10.9 Å². The van der Waals surface area contributed by atoms with Crippen LogP contribution in [0.25, 0.3) is 0 Å². The van der Waals surface area contributed by atoms with Crippen molar-refractivity contribution in [2.45, 2.75) is 17.8 Å². The van der Waals surface area contributed by atoms with E-state index in [1.807, 2.05) is 37.3 Å². The largest absolute Gasteiger partial charge is 0.372 e. The van der Waals surface area contributed by atoms with Crippen molar-refractivity contribution in [2.75, 3.05) is 17.3 Å². The van der Waals surface area contributed by atoms with E-state index in [0.717, 1.165) is 17.1 Å². The van der Waals surface area contributed by atoms with Crippen LogP contribution in [0.2, 0.25) is 0 Å². The van der Waals surface area contributed by atoms with Crippen LogP contribution in [-0.4, -0.2) is 24.0 Å². The lowest BCUT2D eigenvalue weighted by atomic mass is 10.0. The maximum atomic E-state index is 11.9. The first-order chi connectivity index (χ1) is 9.01. The highest BCUT2D eigenvalue weighted by Crippen LogP contribution is 2.38. The van der Waals surface area contributed by atoms with Crippen molar-refractivity contribution in [1.82, 2.24) is 4.98 Å². The van der Waals surface area contributed by atoms with Gasteiger partial charge in [-0.1, -0.05) is 24.3 Å². The fourth-order valence-corrected chi connectivity index (χ4v) is 2.61. The standard InChI is InChI=1S/C14H14ClN3O/c1-9-13(19)18(2)11-8-16-12(7-10(11)17-9)14(15)5-3-4-6-14/h3-9,17H,1-2H3/t9-/m0/s1. The van der Waals surface area contributed by atoms with Gasteiger partial charge in [-0.2, -0.15) is 0 Å². The highest BCUT2D eigenvalue weighted by molar-refractivity contribution is 6.27. The Labute approximate surface area is 116 Å². The van der Waals surface area contributed by atoms with Gasteiger partial charge in [0.2, 0.25) is 5.91 Å². The molecule has 1 aliphatic carbocycles. The number of likely N-dealkylation sites (N-methyl/N-ethyl adjacent to an activating group) is 1. The predicted octanol–water partition coefficient (Wildman–Crippen LogP) is 2.42. The number of hydrogen-bond donors (Lipinski definition) is 1. The summed E-state index contributed by atoms with van der Waals surface area (Å²) in [6, 6.07) is 1.66. The van der Waals surface area contributed by atoms with Crippen molar-refractivity contribution >= 4 is 28.9 Å². The maximum Gasteiger partial charge on any atom is 0.249 e. The van der Waals surface area contributed by atoms with Gasteiger partial charge >= 0.3 is 0 Å². The molecule has 0 radical (unpaired) electrons. The molecule has 0 saturated carbocycles. The van der Waals surface area contributed by atoms with E-state index in [0.29, 0.717) is 0 Å². The number of carbonyl (C=O) groups is 1. The molecule has 0 spiro atoms. The van der Waals surface area contributed by atoms with Gasteiger partial charge in [-0.25, -0.2) is 0 Å². The lowest BCUT2D eigenvalue weighted by Gasteiger charge is -2.31. The van der Waals surface area contributed by atoms with Gasteiger partial charge in [0.15, 0.2) is 0 Å². The number of pyridine rings is 1. The highest BCUT2D eigenvalue weighted by atomic mass is 35.5. The van der Waals surface area contributed by atoms with Gasteiger partial charge in [-0.05, 0) is 13.0 Å². The van der Waals surface area contributed by atoms with E-state index in [9.17, 15) is 4.79 Å². The summed E-state index contributed by atoms with van der Waals surface area (Å²) >= 11 is 6.50. The van der Waals surface area contributed by atoms with Crippen LogP contribution in [0, 0.1) is 0 Å². The maximum absolute atomic E-state index is 11.9. The summed E-state index contributed by atoms with van der Waals surface area (Å²) in [6.45, 7) is 1.84. The van der Waals surface area contributed by atoms with Crippen molar-refractivity contribution in [1.29, 1.82) is 0 Å². The monoisotopic (exact) mass is 275 g/mol. The van der Waals surface area contributed by atoms with Gasteiger partial charge in [0.25, 0.3) is 0 Å². The number of fused-ring (bicyclic) bond motifs is 1. The number of rotatable bonds is 1. The van der Waals surface area contributed by atoms with Crippen molar-refractivity contribution in [3.8, 4) is 0 Å². The van der Waals surface area contributed by atoms with E-state index in [2.05, 4.69) is 10.3 Å². The van der Waals surface area contributed by atoms with E-state index in [1.54, 1.807) is 18.1 Å². The van der Waals surface area contributed by atoms with Crippen LogP contribution in [0.3, 0.4) is 0 Å². The Morgan fingerprint density at radius 3 is 2.79 bits per heavy atom. The minimum Gasteiger partial charge on any atom is -0.372 e. The van der Waals surface area contributed by atoms with Crippen molar-refractivity contribution in [3.05, 3.63) is 42.3 Å². The second kappa shape index (κ2) is 4.10. The van der Waals surface area contributed by atoms with Gasteiger partial charge in [0.05, 0.1) is 23.3 Å². The van der Waals surface area contributed by atoms with Crippen LogP contribution >= 0.6 is 11.6 Å². The number of hydrogen-bond acceptors (Lipinski definition) is 3. The van der Waals surface area contributed by atoms with Crippen molar-refractivity contribution in [2.24, 2.45) is 0 Å². The van der Waals surface area contributed by atoms with Gasteiger partial charge < -0.3 is 10.2 Å². The second-order valence-electron chi connectivity index (χ2n) is 4.84. The van der Waals surface area contributed by atoms with Gasteiger partial charge in [0, 0.05) is 7.05 Å². The lowest BCUT2D eigenvalue weighted by molar-refractivity contribution is -0.118. The Bertz CT molecular complexity index is 597. The SMILES string of the molecule is C[C@@H]1Nc2cc(C3(Cl)C=CC=C3)ncc2N(C)C1=O. The van der Waals surface area contributed by atoms with Gasteiger partial charge in [-0.15, -0.1) is 11.6 Å². The summed E-state index contributed by atoms with van der Waals surface area (Å²) in [5.41, 5.74) is 2.41. The fraction of sp³-hybridized carbons (Fsp3) is 0.286. The summed E-state index contributed by atoms with van der Waals surface area (Å²) in [5, 5.41) is 3.18. The summed E-state index contributed by atoms with van der Waals surface area (Å²) in [4.78, 5) is 17.2. The molecule has 2 heterocycles. The number of nitrogens with one attached hydrogen (secondary N) is 1. The highest BCUT2D eigenvalue weighted by Gasteiger charge is 2.31. The minimum atomic E-state index is -0.681. The molecule has 0 bridgehead atoms. The number of alkyl halides is 1. The molecular weight excluding hydrogens is 262 g/mol. The van der Waals surface area contributed by atoms with Crippen LogP contribution in [0.4, 0.5) is 11.4 Å². The molecule has 1 amide bonds. The Morgan fingerprint density at radius 2 is 2.11 bits per heavy atom. The molecular formula is C14H14ClN3O. The molecule has 19 heavy (non-hydrogen) atoms. The molecule has 0 saturated heterocycles. The topological polar surface area (TPSA) is 45.2 Å². The summed E-state index contributed by atoms with van der Waals surface area (Å²) in [6.07, 6.45) is 9.28. The van der Waals surface area contributed by atoms with Crippen molar-refractivity contribution in [3.63, 3.8) is 0 Å². The number of aromatic nitrogens is 1. The van der Waals surface area contributed by atoms with Crippen LogP contribution in [0.1, 0.15) is 12.6 Å². The van der Waals surface area contributed by atoms with Gasteiger partial charge in [-0.3, -0.25) is 9.78 Å². The first-order valence-corrected chi connectivity index (χ1v) is 6.50. The normalized spacial score (nSPS) is 23.4. The number of nitrogens with zero attached hydrogens (tertiary/aromatic N) is 2. The molecule has 2 aliphatic rings. The van der Waals surface area contributed by atoms with E-state index in [4.69, 9.17) is 11.6 Å². The summed E-state index contributed by atoms with van der Waals surface area (Å²) < 4.78 is 0. The molecule has 1 atom stereocenters. The second-order valence-corrected chi connectivity index (χ2v) is 5.46. The number of halogens is 1. The molecule has 1 aliphatic heterocycles. The molecule has 5 heteroatoms. The molecule has 1 aromatic rings. The molecule has 0 unspecified atom stereocenters. The molecule has 98 valence electrons. The Hall–Kier alpha value is -1.81. The third kappa shape index (κ3) is 1.83. The summed E-state index contributed by atoms with van der Waals surface area (Å²) in [5.74, 6) is 0.0308. The third-order valence-corrected chi connectivity index (χ3v) is 3.94. The molecule has 1 N–H and O–H groups in total. The van der Waals surface area contributed by atoms with E-state index in [-0.39, 0.29) is 11.9 Å².